The minimum atomic E-state index is -0.0758. The molecule has 1 spiro atoms. The van der Waals surface area contributed by atoms with Crippen LogP contribution in [0.1, 0.15) is 37.7 Å². The van der Waals surface area contributed by atoms with Gasteiger partial charge in [0.1, 0.15) is 12.6 Å². The molecule has 0 saturated heterocycles. The molecule has 1 saturated carbocycles. The Labute approximate surface area is 154 Å². The molecule has 0 atom stereocenters. The van der Waals surface area contributed by atoms with Crippen LogP contribution in [0.15, 0.2) is 53.5 Å². The van der Waals surface area contributed by atoms with E-state index < -0.39 is 0 Å². The van der Waals surface area contributed by atoms with Crippen LogP contribution in [0.2, 0.25) is 0 Å². The first-order valence-corrected chi connectivity index (χ1v) is 9.42. The predicted octanol–water partition coefficient (Wildman–Crippen LogP) is 4.19. The lowest BCUT2D eigenvalue weighted by atomic mass is 9.79. The van der Waals surface area contributed by atoms with Crippen LogP contribution in [0, 0.1) is 0 Å². The normalized spacial score (nSPS) is 19.5. The second kappa shape index (κ2) is 7.38. The standard InChI is InChI=1S/C21H26N4O/c26-15-23-17-8-6-7-16(13-17)14-22-20-21(11-4-1-5-12-21)25-19-10-3-2-9-18(19)24-20/h2-3,6-10,13,23,25-26H,1,4-5,11-12,14-15H2,(H,22,24). The maximum absolute atomic E-state index is 9.05. The highest BCUT2D eigenvalue weighted by atomic mass is 16.3. The molecule has 136 valence electrons. The summed E-state index contributed by atoms with van der Waals surface area (Å²) in [6, 6.07) is 16.4. The first-order valence-electron chi connectivity index (χ1n) is 9.42. The van der Waals surface area contributed by atoms with Gasteiger partial charge in [-0.3, -0.25) is 4.99 Å². The molecule has 26 heavy (non-hydrogen) atoms. The molecule has 0 unspecified atom stereocenters. The molecule has 1 aliphatic heterocycles. The van der Waals surface area contributed by atoms with Crippen molar-refractivity contribution in [1.29, 1.82) is 0 Å². The fourth-order valence-corrected chi connectivity index (χ4v) is 4.01. The van der Waals surface area contributed by atoms with Gasteiger partial charge >= 0.3 is 0 Å². The van der Waals surface area contributed by atoms with Crippen LogP contribution >= 0.6 is 0 Å². The monoisotopic (exact) mass is 350 g/mol. The van der Waals surface area contributed by atoms with Crippen molar-refractivity contribution in [1.82, 2.24) is 0 Å². The highest BCUT2D eigenvalue weighted by Gasteiger charge is 2.40. The van der Waals surface area contributed by atoms with E-state index in [1.54, 1.807) is 0 Å². The van der Waals surface area contributed by atoms with Gasteiger partial charge in [-0.15, -0.1) is 0 Å². The summed E-state index contributed by atoms with van der Waals surface area (Å²) in [6.07, 6.45) is 5.98. The van der Waals surface area contributed by atoms with Crippen molar-refractivity contribution >= 4 is 22.9 Å². The molecule has 1 aliphatic carbocycles. The van der Waals surface area contributed by atoms with Crippen LogP contribution in [-0.4, -0.2) is 23.2 Å². The lowest BCUT2D eigenvalue weighted by Gasteiger charge is -2.44. The number of amidine groups is 1. The fourth-order valence-electron chi connectivity index (χ4n) is 4.01. The molecule has 2 aliphatic rings. The molecule has 2 aromatic carbocycles. The number of rotatable bonds is 4. The third-order valence-corrected chi connectivity index (χ3v) is 5.34. The molecule has 0 aromatic heterocycles. The number of para-hydroxylation sites is 2. The van der Waals surface area contributed by atoms with E-state index in [4.69, 9.17) is 10.1 Å². The van der Waals surface area contributed by atoms with Crippen molar-refractivity contribution in [2.75, 3.05) is 22.7 Å². The van der Waals surface area contributed by atoms with Crippen molar-refractivity contribution in [3.63, 3.8) is 0 Å². The molecule has 2 aromatic rings. The Morgan fingerprint density at radius 1 is 1.00 bits per heavy atom. The molecule has 5 heteroatoms. The lowest BCUT2D eigenvalue weighted by molar-refractivity contribution is 0.325. The van der Waals surface area contributed by atoms with E-state index in [0.717, 1.165) is 35.6 Å². The van der Waals surface area contributed by atoms with E-state index in [1.807, 2.05) is 24.3 Å². The van der Waals surface area contributed by atoms with E-state index in [9.17, 15) is 0 Å². The topological polar surface area (TPSA) is 68.7 Å². The van der Waals surface area contributed by atoms with E-state index in [0.29, 0.717) is 6.54 Å². The van der Waals surface area contributed by atoms with Gasteiger partial charge in [0.25, 0.3) is 0 Å². The highest BCUT2D eigenvalue weighted by molar-refractivity contribution is 6.09. The number of aliphatic imine (C=N–C) groups is 1. The van der Waals surface area contributed by atoms with Crippen LogP contribution in [0.4, 0.5) is 17.1 Å². The van der Waals surface area contributed by atoms with Gasteiger partial charge in [-0.05, 0) is 42.7 Å². The van der Waals surface area contributed by atoms with Gasteiger partial charge in [-0.2, -0.15) is 0 Å². The second-order valence-electron chi connectivity index (χ2n) is 7.14. The van der Waals surface area contributed by atoms with Crippen molar-refractivity contribution in [3.8, 4) is 0 Å². The van der Waals surface area contributed by atoms with Crippen LogP contribution in [0.5, 0.6) is 0 Å². The summed E-state index contributed by atoms with van der Waals surface area (Å²) < 4.78 is 0. The minimum Gasteiger partial charge on any atom is -0.377 e. The van der Waals surface area contributed by atoms with Crippen molar-refractivity contribution in [3.05, 3.63) is 54.1 Å². The molecular weight excluding hydrogens is 324 g/mol. The number of aliphatic hydroxyl groups is 1. The van der Waals surface area contributed by atoms with E-state index in [2.05, 4.69) is 40.2 Å². The first kappa shape index (κ1) is 16.9. The molecule has 5 nitrogen and oxygen atoms in total. The third kappa shape index (κ3) is 3.40. The maximum Gasteiger partial charge on any atom is 0.127 e. The zero-order valence-corrected chi connectivity index (χ0v) is 15.0. The van der Waals surface area contributed by atoms with Crippen LogP contribution < -0.4 is 16.0 Å². The van der Waals surface area contributed by atoms with Gasteiger partial charge in [0, 0.05) is 5.69 Å². The minimum absolute atomic E-state index is 0.0661. The summed E-state index contributed by atoms with van der Waals surface area (Å²) >= 11 is 0. The molecule has 1 heterocycles. The maximum atomic E-state index is 9.05. The van der Waals surface area contributed by atoms with E-state index in [-0.39, 0.29) is 12.3 Å². The molecule has 0 radical (unpaired) electrons. The number of hydrogen-bond donors (Lipinski definition) is 4. The van der Waals surface area contributed by atoms with Gasteiger partial charge in [-0.25, -0.2) is 0 Å². The van der Waals surface area contributed by atoms with Crippen molar-refractivity contribution in [2.45, 2.75) is 44.2 Å². The Morgan fingerprint density at radius 2 is 1.81 bits per heavy atom. The summed E-state index contributed by atoms with van der Waals surface area (Å²) in [5, 5.41) is 19.4. The van der Waals surface area contributed by atoms with E-state index in [1.165, 1.54) is 24.9 Å². The Bertz CT molecular complexity index is 796. The average Bonchev–Trinajstić information content (AvgIpc) is 2.68. The summed E-state index contributed by atoms with van der Waals surface area (Å²) in [7, 11) is 0. The summed E-state index contributed by atoms with van der Waals surface area (Å²) in [5.74, 6) is 1.05. The second-order valence-corrected chi connectivity index (χ2v) is 7.14. The smallest absolute Gasteiger partial charge is 0.127 e. The van der Waals surface area contributed by atoms with Crippen molar-refractivity contribution < 1.29 is 5.11 Å². The predicted molar refractivity (Wildman–Crippen MR) is 108 cm³/mol. The molecule has 4 N–H and O–H groups in total. The van der Waals surface area contributed by atoms with Crippen LogP contribution in [-0.2, 0) is 6.54 Å². The quantitative estimate of drug-likeness (QED) is 0.624. The van der Waals surface area contributed by atoms with Gasteiger partial charge in [0.2, 0.25) is 0 Å². The van der Waals surface area contributed by atoms with Gasteiger partial charge in [-0.1, -0.05) is 43.5 Å². The van der Waals surface area contributed by atoms with Crippen molar-refractivity contribution in [2.24, 2.45) is 4.99 Å². The lowest BCUT2D eigenvalue weighted by Crippen LogP contribution is -2.53. The van der Waals surface area contributed by atoms with Gasteiger partial charge in [0.05, 0.1) is 23.5 Å². The summed E-state index contributed by atoms with van der Waals surface area (Å²) in [6.45, 7) is 0.554. The third-order valence-electron chi connectivity index (χ3n) is 5.34. The summed E-state index contributed by atoms with van der Waals surface area (Å²) in [4.78, 5) is 4.98. The Kier molecular flexibility index (Phi) is 4.80. The number of fused-ring (bicyclic) bond motifs is 1. The largest absolute Gasteiger partial charge is 0.377 e. The Balaban J connectivity index is 1.62. The van der Waals surface area contributed by atoms with Gasteiger partial charge in [0.15, 0.2) is 0 Å². The first-order chi connectivity index (χ1) is 12.8. The van der Waals surface area contributed by atoms with Crippen LogP contribution in [0.25, 0.3) is 0 Å². The number of aliphatic hydroxyl groups excluding tert-OH is 1. The zero-order chi connectivity index (χ0) is 17.8. The highest BCUT2D eigenvalue weighted by Crippen LogP contribution is 2.39. The number of nitrogens with one attached hydrogen (secondary N) is 3. The number of benzene rings is 2. The molecule has 4 rings (SSSR count). The molecule has 1 fully saturated rings. The van der Waals surface area contributed by atoms with Crippen LogP contribution in [0.3, 0.4) is 0 Å². The fraction of sp³-hybridized carbons (Fsp3) is 0.381. The average molecular weight is 350 g/mol. The number of anilines is 3. The number of nitrogens with zero attached hydrogens (tertiary/aromatic N) is 1. The van der Waals surface area contributed by atoms with Gasteiger partial charge < -0.3 is 21.1 Å². The van der Waals surface area contributed by atoms with E-state index >= 15 is 0 Å². The zero-order valence-electron chi connectivity index (χ0n) is 15.0. The Hall–Kier alpha value is -2.53. The molecular formula is C21H26N4O. The SMILES string of the molecule is OCNc1cccc(CN=C2Nc3ccccc3NC23CCCCC3)c1. The molecule has 0 bridgehead atoms. The molecule has 0 amide bonds. The number of hydrogen-bond acceptors (Lipinski definition) is 4. The Morgan fingerprint density at radius 3 is 2.62 bits per heavy atom. The summed E-state index contributed by atoms with van der Waals surface area (Å²) in [5.41, 5.74) is 4.23.